The Morgan fingerprint density at radius 3 is 2.64 bits per heavy atom. The van der Waals surface area contributed by atoms with Crippen LogP contribution in [0.15, 0.2) is 42.6 Å². The van der Waals surface area contributed by atoms with Crippen molar-refractivity contribution in [2.75, 3.05) is 13.7 Å². The third kappa shape index (κ3) is 5.05. The van der Waals surface area contributed by atoms with Gasteiger partial charge in [0.15, 0.2) is 0 Å². The predicted octanol–water partition coefficient (Wildman–Crippen LogP) is 2.31. The Balaban J connectivity index is 1.68. The fourth-order valence-corrected chi connectivity index (χ4v) is 1.72. The summed E-state index contributed by atoms with van der Waals surface area (Å²) in [5.41, 5.74) is 0.883. The van der Waals surface area contributed by atoms with Crippen LogP contribution in [0.5, 0.6) is 11.6 Å². The summed E-state index contributed by atoms with van der Waals surface area (Å²) in [5.74, 6) is 0.618. The van der Waals surface area contributed by atoms with Crippen LogP contribution in [0.3, 0.4) is 0 Å². The topological polar surface area (TPSA) is 60.5 Å². The van der Waals surface area contributed by atoms with E-state index in [1.165, 1.54) is 24.3 Å². The summed E-state index contributed by atoms with van der Waals surface area (Å²) in [4.78, 5) is 15.7. The fraction of sp³-hybridized carbons (Fsp3) is 0.250. The molecule has 1 N–H and O–H groups in total. The van der Waals surface area contributed by atoms with E-state index in [2.05, 4.69) is 10.3 Å². The Morgan fingerprint density at radius 2 is 2.00 bits per heavy atom. The molecular weight excluding hydrogens is 287 g/mol. The lowest BCUT2D eigenvalue weighted by Gasteiger charge is -2.07. The van der Waals surface area contributed by atoms with E-state index in [4.69, 9.17) is 9.47 Å². The Morgan fingerprint density at radius 1 is 1.23 bits per heavy atom. The molecule has 5 nitrogen and oxygen atoms in total. The molecule has 0 aliphatic carbocycles. The van der Waals surface area contributed by atoms with E-state index in [0.717, 1.165) is 5.56 Å². The number of carbonyl (C=O) groups excluding carboxylic acids is 1. The minimum atomic E-state index is -0.321. The highest BCUT2D eigenvalue weighted by molar-refractivity contribution is 5.75. The van der Waals surface area contributed by atoms with Gasteiger partial charge in [-0.15, -0.1) is 0 Å². The van der Waals surface area contributed by atoms with E-state index < -0.39 is 0 Å². The highest BCUT2D eigenvalue weighted by atomic mass is 19.1. The molecule has 0 unspecified atom stereocenters. The number of benzene rings is 1. The van der Waals surface area contributed by atoms with E-state index >= 15 is 0 Å². The zero-order valence-corrected chi connectivity index (χ0v) is 12.2. The van der Waals surface area contributed by atoms with Gasteiger partial charge < -0.3 is 14.8 Å². The number of hydrogen-bond acceptors (Lipinski definition) is 4. The van der Waals surface area contributed by atoms with Crippen molar-refractivity contribution in [3.05, 3.63) is 54.0 Å². The molecule has 0 spiro atoms. The van der Waals surface area contributed by atoms with E-state index in [9.17, 15) is 9.18 Å². The molecule has 0 saturated heterocycles. The van der Waals surface area contributed by atoms with Crippen molar-refractivity contribution in [2.24, 2.45) is 0 Å². The zero-order valence-electron chi connectivity index (χ0n) is 12.2. The summed E-state index contributed by atoms with van der Waals surface area (Å²) in [5, 5.41) is 2.77. The van der Waals surface area contributed by atoms with Crippen LogP contribution in [-0.4, -0.2) is 24.6 Å². The summed E-state index contributed by atoms with van der Waals surface area (Å²) in [6, 6.07) is 9.24. The Bertz CT molecular complexity index is 600. The van der Waals surface area contributed by atoms with Gasteiger partial charge in [0, 0.05) is 18.8 Å². The van der Waals surface area contributed by atoms with Crippen LogP contribution in [0.4, 0.5) is 4.39 Å². The number of amides is 1. The van der Waals surface area contributed by atoms with Crippen LogP contribution >= 0.6 is 0 Å². The first kappa shape index (κ1) is 15.8. The molecule has 1 heterocycles. The van der Waals surface area contributed by atoms with E-state index in [1.54, 1.807) is 19.4 Å². The van der Waals surface area contributed by atoms with Crippen LogP contribution < -0.4 is 14.8 Å². The van der Waals surface area contributed by atoms with Crippen LogP contribution in [0, 0.1) is 5.82 Å². The van der Waals surface area contributed by atoms with Gasteiger partial charge in [-0.2, -0.15) is 0 Å². The van der Waals surface area contributed by atoms with Gasteiger partial charge in [0.25, 0.3) is 0 Å². The highest BCUT2D eigenvalue weighted by Crippen LogP contribution is 2.11. The SMILES string of the molecule is COc1ccc(CNC(=O)CCOc2ccc(F)cc2)cn1. The molecule has 1 amide bonds. The van der Waals surface area contributed by atoms with Crippen molar-refractivity contribution >= 4 is 5.91 Å². The minimum absolute atomic E-state index is 0.127. The summed E-state index contributed by atoms with van der Waals surface area (Å²) in [7, 11) is 1.55. The Hall–Kier alpha value is -2.63. The molecule has 22 heavy (non-hydrogen) atoms. The monoisotopic (exact) mass is 304 g/mol. The first-order valence-electron chi connectivity index (χ1n) is 6.81. The molecular formula is C16H17FN2O3. The van der Waals surface area contributed by atoms with E-state index in [0.29, 0.717) is 18.2 Å². The molecule has 0 fully saturated rings. The average Bonchev–Trinajstić information content (AvgIpc) is 2.55. The number of carbonyl (C=O) groups is 1. The molecule has 2 rings (SSSR count). The summed E-state index contributed by atoms with van der Waals surface area (Å²) < 4.78 is 23.0. The zero-order chi connectivity index (χ0) is 15.8. The number of pyridine rings is 1. The van der Waals surface area contributed by atoms with Crippen molar-refractivity contribution in [3.63, 3.8) is 0 Å². The minimum Gasteiger partial charge on any atom is -0.493 e. The van der Waals surface area contributed by atoms with Gasteiger partial charge in [-0.05, 0) is 29.8 Å². The number of ether oxygens (including phenoxy) is 2. The molecule has 0 bridgehead atoms. The van der Waals surface area contributed by atoms with E-state index in [-0.39, 0.29) is 24.8 Å². The molecule has 6 heteroatoms. The fourth-order valence-electron chi connectivity index (χ4n) is 1.72. The number of hydrogen-bond donors (Lipinski definition) is 1. The van der Waals surface area contributed by atoms with Crippen LogP contribution in [0.1, 0.15) is 12.0 Å². The predicted molar refractivity (Wildman–Crippen MR) is 79.1 cm³/mol. The van der Waals surface area contributed by atoms with Gasteiger partial charge in [0.05, 0.1) is 20.1 Å². The highest BCUT2D eigenvalue weighted by Gasteiger charge is 2.03. The van der Waals surface area contributed by atoms with Gasteiger partial charge in [0.2, 0.25) is 11.8 Å². The standard InChI is InChI=1S/C16H17FN2O3/c1-21-16-7-2-12(11-19-16)10-18-15(20)8-9-22-14-5-3-13(17)4-6-14/h2-7,11H,8-10H2,1H3,(H,18,20). The van der Waals surface area contributed by atoms with Gasteiger partial charge in [-0.3, -0.25) is 4.79 Å². The van der Waals surface area contributed by atoms with Gasteiger partial charge in [-0.25, -0.2) is 9.37 Å². The van der Waals surface area contributed by atoms with Crippen molar-refractivity contribution in [1.29, 1.82) is 0 Å². The lowest BCUT2D eigenvalue weighted by molar-refractivity contribution is -0.121. The van der Waals surface area contributed by atoms with Crippen molar-refractivity contribution in [1.82, 2.24) is 10.3 Å². The average molecular weight is 304 g/mol. The largest absolute Gasteiger partial charge is 0.493 e. The maximum atomic E-state index is 12.7. The number of nitrogens with zero attached hydrogens (tertiary/aromatic N) is 1. The molecule has 0 saturated carbocycles. The first-order valence-corrected chi connectivity index (χ1v) is 6.81. The molecule has 0 atom stereocenters. The lowest BCUT2D eigenvalue weighted by atomic mass is 10.3. The number of nitrogens with one attached hydrogen (secondary N) is 1. The second-order valence-corrected chi connectivity index (χ2v) is 4.54. The molecule has 2 aromatic rings. The van der Waals surface area contributed by atoms with Crippen molar-refractivity contribution in [2.45, 2.75) is 13.0 Å². The Kier molecular flexibility index (Phi) is 5.71. The molecule has 0 aliphatic rings. The van der Waals surface area contributed by atoms with Gasteiger partial charge in [-0.1, -0.05) is 6.07 Å². The molecule has 1 aromatic carbocycles. The van der Waals surface area contributed by atoms with E-state index in [1.807, 2.05) is 6.07 Å². The quantitative estimate of drug-likeness (QED) is 0.853. The summed E-state index contributed by atoms with van der Waals surface area (Å²) >= 11 is 0. The summed E-state index contributed by atoms with van der Waals surface area (Å²) in [6.07, 6.45) is 1.87. The van der Waals surface area contributed by atoms with Crippen molar-refractivity contribution in [3.8, 4) is 11.6 Å². The summed E-state index contributed by atoms with van der Waals surface area (Å²) in [6.45, 7) is 0.630. The van der Waals surface area contributed by atoms with Crippen molar-refractivity contribution < 1.29 is 18.7 Å². The number of halogens is 1. The molecule has 0 aliphatic heterocycles. The second kappa shape index (κ2) is 7.97. The number of aromatic nitrogens is 1. The number of methoxy groups -OCH3 is 1. The van der Waals surface area contributed by atoms with Crippen LogP contribution in [0.2, 0.25) is 0 Å². The normalized spacial score (nSPS) is 10.1. The van der Waals surface area contributed by atoms with Gasteiger partial charge in [0.1, 0.15) is 11.6 Å². The van der Waals surface area contributed by atoms with Crippen LogP contribution in [0.25, 0.3) is 0 Å². The molecule has 0 radical (unpaired) electrons. The molecule has 116 valence electrons. The maximum Gasteiger partial charge on any atom is 0.223 e. The third-order valence-electron chi connectivity index (χ3n) is 2.91. The van der Waals surface area contributed by atoms with Crippen LogP contribution in [-0.2, 0) is 11.3 Å². The lowest BCUT2D eigenvalue weighted by Crippen LogP contribution is -2.24. The second-order valence-electron chi connectivity index (χ2n) is 4.54. The number of rotatable bonds is 7. The van der Waals surface area contributed by atoms with Gasteiger partial charge >= 0.3 is 0 Å². The molecule has 1 aromatic heterocycles. The Labute approximate surface area is 128 Å². The smallest absolute Gasteiger partial charge is 0.223 e. The first-order chi connectivity index (χ1) is 10.7. The maximum absolute atomic E-state index is 12.7. The third-order valence-corrected chi connectivity index (χ3v) is 2.91.